The second-order valence-corrected chi connectivity index (χ2v) is 8.87. The Kier molecular flexibility index (Phi) is 5.57. The van der Waals surface area contributed by atoms with Gasteiger partial charge in [0.1, 0.15) is 0 Å². The molecular weight excluding hydrogens is 468 g/mol. The summed E-state index contributed by atoms with van der Waals surface area (Å²) in [6.07, 6.45) is 3.15. The van der Waals surface area contributed by atoms with E-state index in [0.717, 1.165) is 11.1 Å². The number of Topliss-reactive ketones (excluding diaryl/α,β-unsaturated/α-hetero) is 1. The maximum Gasteiger partial charge on any atom is 0.294 e. The van der Waals surface area contributed by atoms with E-state index in [1.54, 1.807) is 36.7 Å². The summed E-state index contributed by atoms with van der Waals surface area (Å²) < 4.78 is 11.2. The number of hydrogen-bond donors (Lipinski definition) is 1. The maximum atomic E-state index is 13.8. The zero-order valence-electron chi connectivity index (χ0n) is 19.2. The van der Waals surface area contributed by atoms with Crippen molar-refractivity contribution in [1.29, 1.82) is 0 Å². The van der Waals surface area contributed by atoms with E-state index in [-0.39, 0.29) is 11.3 Å². The van der Waals surface area contributed by atoms with E-state index in [9.17, 15) is 14.7 Å². The van der Waals surface area contributed by atoms with E-state index in [4.69, 9.17) is 20.8 Å². The number of amides is 1. The Morgan fingerprint density at radius 1 is 1.09 bits per heavy atom. The van der Waals surface area contributed by atoms with Crippen LogP contribution in [0.2, 0.25) is 5.02 Å². The van der Waals surface area contributed by atoms with Crippen molar-refractivity contribution in [3.8, 4) is 5.75 Å². The highest BCUT2D eigenvalue weighted by atomic mass is 35.5. The number of aromatic nitrogens is 1. The zero-order chi connectivity index (χ0) is 24.9. The minimum atomic E-state index is -0.877. The van der Waals surface area contributed by atoms with E-state index in [1.807, 2.05) is 32.0 Å². The molecule has 0 fully saturated rings. The van der Waals surface area contributed by atoms with Crippen LogP contribution in [0, 0.1) is 13.8 Å². The summed E-state index contributed by atoms with van der Waals surface area (Å²) in [5.41, 5.74) is 3.35. The largest absolute Gasteiger partial charge is 0.503 e. The van der Waals surface area contributed by atoms with Gasteiger partial charge in [-0.1, -0.05) is 17.7 Å². The molecule has 1 amide bonds. The number of pyridine rings is 1. The summed E-state index contributed by atoms with van der Waals surface area (Å²) in [5.74, 6) is -1.58. The topological polar surface area (TPSA) is 92.9 Å². The van der Waals surface area contributed by atoms with Crippen LogP contribution >= 0.6 is 11.6 Å². The molecule has 0 saturated heterocycles. The van der Waals surface area contributed by atoms with Crippen molar-refractivity contribution in [2.45, 2.75) is 19.9 Å². The molecule has 0 bridgehead atoms. The number of ketones is 1. The van der Waals surface area contributed by atoms with Crippen molar-refractivity contribution >= 4 is 39.9 Å². The zero-order valence-corrected chi connectivity index (χ0v) is 20.0. The fraction of sp³-hybridized carbons (Fsp3) is 0.148. The molecule has 1 aliphatic heterocycles. The van der Waals surface area contributed by atoms with Crippen LogP contribution in [0.4, 0.5) is 5.69 Å². The Morgan fingerprint density at radius 3 is 2.43 bits per heavy atom. The van der Waals surface area contributed by atoms with Crippen LogP contribution in [0.15, 0.2) is 76.7 Å². The quantitative estimate of drug-likeness (QED) is 0.352. The Hall–Kier alpha value is -4.10. The van der Waals surface area contributed by atoms with Crippen LogP contribution in [0.5, 0.6) is 5.75 Å². The summed E-state index contributed by atoms with van der Waals surface area (Å²) in [5, 5.41) is 12.0. The van der Waals surface area contributed by atoms with Crippen LogP contribution in [-0.4, -0.2) is 28.9 Å². The third-order valence-electron chi connectivity index (χ3n) is 5.95. The van der Waals surface area contributed by atoms with Gasteiger partial charge in [-0.3, -0.25) is 19.5 Å². The molecule has 2 aromatic heterocycles. The number of rotatable bonds is 5. The van der Waals surface area contributed by atoms with Gasteiger partial charge in [0.05, 0.1) is 18.7 Å². The van der Waals surface area contributed by atoms with Crippen LogP contribution in [0.1, 0.15) is 33.3 Å². The number of halogens is 1. The van der Waals surface area contributed by atoms with Gasteiger partial charge in [-0.2, -0.15) is 0 Å². The first-order chi connectivity index (χ1) is 16.8. The van der Waals surface area contributed by atoms with Gasteiger partial charge in [-0.05, 0) is 66.9 Å². The summed E-state index contributed by atoms with van der Waals surface area (Å²) in [4.78, 5) is 32.6. The van der Waals surface area contributed by atoms with E-state index in [1.165, 1.54) is 18.1 Å². The molecule has 1 atom stereocenters. The molecule has 1 N–H and O–H groups in total. The number of carbonyl (C=O) groups excluding carboxylic acids is 2. The molecule has 5 rings (SSSR count). The molecule has 0 saturated carbocycles. The monoisotopic (exact) mass is 488 g/mol. The fourth-order valence-electron chi connectivity index (χ4n) is 4.54. The van der Waals surface area contributed by atoms with Crippen LogP contribution < -0.4 is 9.64 Å². The van der Waals surface area contributed by atoms with Crippen molar-refractivity contribution in [2.24, 2.45) is 0 Å². The minimum absolute atomic E-state index is 0.0451. The summed E-state index contributed by atoms with van der Waals surface area (Å²) >= 11 is 6.16. The molecule has 7 nitrogen and oxygen atoms in total. The first kappa shape index (κ1) is 22.7. The van der Waals surface area contributed by atoms with Crippen molar-refractivity contribution in [3.05, 3.63) is 99.7 Å². The van der Waals surface area contributed by atoms with Crippen LogP contribution in [0.25, 0.3) is 11.0 Å². The average Bonchev–Trinajstić information content (AvgIpc) is 3.37. The number of carbonyl (C=O) groups is 2. The summed E-state index contributed by atoms with van der Waals surface area (Å²) in [6, 6.07) is 13.0. The molecule has 35 heavy (non-hydrogen) atoms. The Balaban J connectivity index is 1.67. The summed E-state index contributed by atoms with van der Waals surface area (Å²) in [6.45, 7) is 3.84. The minimum Gasteiger partial charge on any atom is -0.503 e. The Bertz CT molecular complexity index is 1500. The number of hydrogen-bond acceptors (Lipinski definition) is 6. The van der Waals surface area contributed by atoms with E-state index in [0.29, 0.717) is 33.0 Å². The van der Waals surface area contributed by atoms with Gasteiger partial charge in [0.2, 0.25) is 5.78 Å². The third-order valence-corrected chi connectivity index (χ3v) is 6.17. The number of aryl methyl sites for hydroxylation is 2. The van der Waals surface area contributed by atoms with Crippen LogP contribution in [-0.2, 0) is 4.79 Å². The average molecular weight is 489 g/mol. The SMILES string of the molecule is COc1cc(Cl)cc2cc(C(=O)C3=C(O)C(=O)N(c4cc(C)cc(C)c4)C3c3ccncc3)oc12. The molecule has 3 heterocycles. The highest BCUT2D eigenvalue weighted by Crippen LogP contribution is 2.43. The lowest BCUT2D eigenvalue weighted by Gasteiger charge is -2.27. The van der Waals surface area contributed by atoms with Gasteiger partial charge in [-0.15, -0.1) is 0 Å². The van der Waals surface area contributed by atoms with Gasteiger partial charge in [0, 0.05) is 34.6 Å². The van der Waals surface area contributed by atoms with Gasteiger partial charge >= 0.3 is 0 Å². The van der Waals surface area contributed by atoms with E-state index < -0.39 is 23.5 Å². The third kappa shape index (κ3) is 3.84. The highest BCUT2D eigenvalue weighted by molar-refractivity contribution is 6.31. The Labute approximate surface area is 206 Å². The fourth-order valence-corrected chi connectivity index (χ4v) is 4.75. The smallest absolute Gasteiger partial charge is 0.294 e. The number of anilines is 1. The number of nitrogens with zero attached hydrogens (tertiary/aromatic N) is 2. The van der Waals surface area contributed by atoms with Crippen molar-refractivity contribution in [2.75, 3.05) is 12.0 Å². The van der Waals surface area contributed by atoms with Gasteiger partial charge in [0.15, 0.2) is 22.9 Å². The van der Waals surface area contributed by atoms with E-state index in [2.05, 4.69) is 4.98 Å². The second kappa shape index (κ2) is 8.60. The molecular formula is C27H21ClN2O5. The number of methoxy groups -OCH3 is 1. The number of fused-ring (bicyclic) bond motifs is 1. The number of furan rings is 1. The molecule has 0 radical (unpaired) electrons. The first-order valence-electron chi connectivity index (χ1n) is 10.8. The molecule has 2 aromatic carbocycles. The van der Waals surface area contributed by atoms with Crippen molar-refractivity contribution < 1.29 is 23.8 Å². The molecule has 0 spiro atoms. The molecule has 4 aromatic rings. The maximum absolute atomic E-state index is 13.8. The number of benzene rings is 2. The van der Waals surface area contributed by atoms with Crippen molar-refractivity contribution in [1.82, 2.24) is 4.98 Å². The predicted molar refractivity (Wildman–Crippen MR) is 132 cm³/mol. The lowest BCUT2D eigenvalue weighted by Crippen LogP contribution is -2.31. The lowest BCUT2D eigenvalue weighted by atomic mass is 9.95. The highest BCUT2D eigenvalue weighted by Gasteiger charge is 2.45. The molecule has 1 aliphatic rings. The van der Waals surface area contributed by atoms with Gasteiger partial charge < -0.3 is 14.3 Å². The van der Waals surface area contributed by atoms with Gasteiger partial charge in [-0.25, -0.2) is 0 Å². The lowest BCUT2D eigenvalue weighted by molar-refractivity contribution is -0.117. The summed E-state index contributed by atoms with van der Waals surface area (Å²) in [7, 11) is 1.47. The van der Waals surface area contributed by atoms with Crippen LogP contribution in [0.3, 0.4) is 0 Å². The second-order valence-electron chi connectivity index (χ2n) is 8.43. The molecule has 8 heteroatoms. The first-order valence-corrected chi connectivity index (χ1v) is 11.2. The predicted octanol–water partition coefficient (Wildman–Crippen LogP) is 5.89. The molecule has 176 valence electrons. The van der Waals surface area contributed by atoms with Crippen molar-refractivity contribution in [3.63, 3.8) is 0 Å². The van der Waals surface area contributed by atoms with Gasteiger partial charge in [0.25, 0.3) is 5.91 Å². The molecule has 1 unspecified atom stereocenters. The standard InChI is InChI=1S/C27H21ClN2O5/c1-14-8-15(2)10-19(9-14)30-23(16-4-6-29-7-5-16)22(25(32)27(30)33)24(31)20-12-17-11-18(28)13-21(34-3)26(17)35-20/h4-13,23,32H,1-3H3. The normalized spacial score (nSPS) is 15.8. The number of ether oxygens (including phenoxy) is 1. The number of aliphatic hydroxyl groups is 1. The molecule has 0 aliphatic carbocycles. The Morgan fingerprint density at radius 2 is 1.77 bits per heavy atom. The van der Waals surface area contributed by atoms with E-state index >= 15 is 0 Å². The number of aliphatic hydroxyl groups excluding tert-OH is 1.